The number of nitrogens with two attached hydrogens (primary N) is 1. The number of carbonyl (C=O) groups excluding carboxylic acids is 1. The van der Waals surface area contributed by atoms with E-state index in [0.29, 0.717) is 36.3 Å². The van der Waals surface area contributed by atoms with Crippen LogP contribution in [0.5, 0.6) is 6.01 Å². The van der Waals surface area contributed by atoms with E-state index in [4.69, 9.17) is 10.5 Å². The molecule has 0 unspecified atom stereocenters. The first-order valence-corrected chi connectivity index (χ1v) is 10.4. The highest BCUT2D eigenvalue weighted by atomic mass is 16.5. The van der Waals surface area contributed by atoms with E-state index >= 15 is 0 Å². The monoisotopic (exact) mass is 440 g/mol. The molecule has 8 heteroatoms. The molecule has 33 heavy (non-hydrogen) atoms. The number of primary amides is 1. The Kier molecular flexibility index (Phi) is 6.75. The second kappa shape index (κ2) is 10.2. The van der Waals surface area contributed by atoms with Crippen LogP contribution in [0.1, 0.15) is 27.0 Å². The van der Waals surface area contributed by atoms with Crippen molar-refractivity contribution in [2.75, 3.05) is 10.6 Å². The van der Waals surface area contributed by atoms with Gasteiger partial charge in [0, 0.05) is 17.8 Å². The topological polar surface area (TPSA) is 115 Å². The van der Waals surface area contributed by atoms with E-state index in [1.165, 1.54) is 5.56 Å². The van der Waals surface area contributed by atoms with Crippen LogP contribution in [0.15, 0.2) is 78.9 Å². The van der Waals surface area contributed by atoms with Crippen molar-refractivity contribution in [3.63, 3.8) is 0 Å². The summed E-state index contributed by atoms with van der Waals surface area (Å²) in [4.78, 5) is 24.5. The molecule has 0 radical (unpaired) electrons. The lowest BCUT2D eigenvalue weighted by Crippen LogP contribution is -2.11. The maximum Gasteiger partial charge on any atom is 0.323 e. The number of nitrogens with one attached hydrogen (secondary N) is 2. The first-order valence-electron chi connectivity index (χ1n) is 10.4. The third kappa shape index (κ3) is 6.27. The minimum Gasteiger partial charge on any atom is -0.458 e. The summed E-state index contributed by atoms with van der Waals surface area (Å²) in [6, 6.07) is 24.9. The zero-order chi connectivity index (χ0) is 23.0. The van der Waals surface area contributed by atoms with E-state index < -0.39 is 5.91 Å². The first-order chi connectivity index (χ1) is 16.0. The molecule has 0 saturated heterocycles. The number of carbonyl (C=O) groups is 1. The average molecular weight is 441 g/mol. The number of aromatic nitrogens is 3. The SMILES string of the molecule is Cc1ccc(CNc2nc(Nc3ccc(C(N)=O)cc3)nc(OCc3ccccc3)n2)cc1. The van der Waals surface area contributed by atoms with Crippen LogP contribution in [0.25, 0.3) is 0 Å². The second-order valence-corrected chi connectivity index (χ2v) is 7.45. The highest BCUT2D eigenvalue weighted by molar-refractivity contribution is 5.93. The van der Waals surface area contributed by atoms with Gasteiger partial charge in [0.25, 0.3) is 0 Å². The van der Waals surface area contributed by atoms with Crippen LogP contribution in [0.3, 0.4) is 0 Å². The van der Waals surface area contributed by atoms with Gasteiger partial charge in [0.2, 0.25) is 17.8 Å². The van der Waals surface area contributed by atoms with E-state index in [2.05, 4.69) is 49.9 Å². The summed E-state index contributed by atoms with van der Waals surface area (Å²) in [6.45, 7) is 2.93. The summed E-state index contributed by atoms with van der Waals surface area (Å²) in [5.74, 6) is 0.206. The van der Waals surface area contributed by atoms with E-state index in [-0.39, 0.29) is 6.01 Å². The summed E-state index contributed by atoms with van der Waals surface area (Å²) in [5.41, 5.74) is 9.73. The molecular weight excluding hydrogens is 416 g/mol. The minimum atomic E-state index is -0.485. The van der Waals surface area contributed by atoms with Crippen molar-refractivity contribution in [2.24, 2.45) is 5.73 Å². The standard InChI is InChI=1S/C25H24N6O2/c1-17-7-9-18(10-8-17)15-27-23-29-24(28-21-13-11-20(12-14-21)22(26)32)31-25(30-23)33-16-19-5-3-2-4-6-19/h2-14H,15-16H2,1H3,(H2,26,32)(H2,27,28,29,30,31). The van der Waals surface area contributed by atoms with Gasteiger partial charge in [0.1, 0.15) is 6.61 Å². The second-order valence-electron chi connectivity index (χ2n) is 7.45. The molecule has 8 nitrogen and oxygen atoms in total. The van der Waals surface area contributed by atoms with Crippen molar-refractivity contribution in [1.82, 2.24) is 15.0 Å². The van der Waals surface area contributed by atoms with Crippen LogP contribution >= 0.6 is 0 Å². The molecule has 0 spiro atoms. The summed E-state index contributed by atoms with van der Waals surface area (Å²) in [5, 5.41) is 6.35. The van der Waals surface area contributed by atoms with Gasteiger partial charge in [-0.2, -0.15) is 15.0 Å². The third-order valence-electron chi connectivity index (χ3n) is 4.82. The highest BCUT2D eigenvalue weighted by Gasteiger charge is 2.10. The molecule has 1 heterocycles. The summed E-state index contributed by atoms with van der Waals surface area (Å²) in [7, 11) is 0. The van der Waals surface area contributed by atoms with E-state index in [1.807, 2.05) is 37.3 Å². The van der Waals surface area contributed by atoms with Crippen molar-refractivity contribution < 1.29 is 9.53 Å². The summed E-state index contributed by atoms with van der Waals surface area (Å²) in [6.07, 6.45) is 0. The normalized spacial score (nSPS) is 10.5. The van der Waals surface area contributed by atoms with Gasteiger partial charge in [0.15, 0.2) is 0 Å². The highest BCUT2D eigenvalue weighted by Crippen LogP contribution is 2.19. The van der Waals surface area contributed by atoms with Crippen LogP contribution in [-0.4, -0.2) is 20.9 Å². The Morgan fingerprint density at radius 2 is 1.55 bits per heavy atom. The van der Waals surface area contributed by atoms with Gasteiger partial charge in [-0.3, -0.25) is 4.79 Å². The molecule has 0 aliphatic rings. The quantitative estimate of drug-likeness (QED) is 0.357. The van der Waals surface area contributed by atoms with Gasteiger partial charge in [0.05, 0.1) is 0 Å². The Balaban J connectivity index is 1.53. The molecule has 1 amide bonds. The molecule has 3 aromatic carbocycles. The molecule has 166 valence electrons. The third-order valence-corrected chi connectivity index (χ3v) is 4.82. The number of benzene rings is 3. The molecule has 0 aliphatic heterocycles. The van der Waals surface area contributed by atoms with Crippen molar-refractivity contribution in [2.45, 2.75) is 20.1 Å². The van der Waals surface area contributed by atoms with Gasteiger partial charge in [-0.25, -0.2) is 0 Å². The van der Waals surface area contributed by atoms with Crippen LogP contribution in [0.4, 0.5) is 17.6 Å². The number of hydrogen-bond acceptors (Lipinski definition) is 7. The largest absolute Gasteiger partial charge is 0.458 e. The Hall–Kier alpha value is -4.46. The molecule has 0 fully saturated rings. The summed E-state index contributed by atoms with van der Waals surface area (Å²) < 4.78 is 5.83. The van der Waals surface area contributed by atoms with Crippen molar-refractivity contribution in [1.29, 1.82) is 0 Å². The van der Waals surface area contributed by atoms with Crippen molar-refractivity contribution >= 4 is 23.5 Å². The number of amides is 1. The lowest BCUT2D eigenvalue weighted by molar-refractivity contribution is 0.100. The fraction of sp³-hybridized carbons (Fsp3) is 0.120. The van der Waals surface area contributed by atoms with Gasteiger partial charge < -0.3 is 21.1 Å². The molecular formula is C25H24N6O2. The van der Waals surface area contributed by atoms with Gasteiger partial charge >= 0.3 is 6.01 Å². The fourth-order valence-electron chi connectivity index (χ4n) is 3.01. The number of anilines is 3. The average Bonchev–Trinajstić information content (AvgIpc) is 2.83. The fourth-order valence-corrected chi connectivity index (χ4v) is 3.01. The molecule has 4 rings (SSSR count). The first kappa shape index (κ1) is 21.8. The van der Waals surface area contributed by atoms with Gasteiger partial charge in [-0.05, 0) is 42.3 Å². The number of aryl methyl sites for hydroxylation is 1. The van der Waals surface area contributed by atoms with Crippen LogP contribution in [0, 0.1) is 6.92 Å². The van der Waals surface area contributed by atoms with Crippen LogP contribution < -0.4 is 21.1 Å². The molecule has 4 N–H and O–H groups in total. The lowest BCUT2D eigenvalue weighted by atomic mass is 10.1. The van der Waals surface area contributed by atoms with Gasteiger partial charge in [-0.1, -0.05) is 60.2 Å². The Bertz CT molecular complexity index is 1210. The van der Waals surface area contributed by atoms with Crippen LogP contribution in [0.2, 0.25) is 0 Å². The molecule has 0 saturated carbocycles. The smallest absolute Gasteiger partial charge is 0.323 e. The van der Waals surface area contributed by atoms with Crippen molar-refractivity contribution in [3.05, 3.63) is 101 Å². The van der Waals surface area contributed by atoms with E-state index in [1.54, 1.807) is 24.3 Å². The Morgan fingerprint density at radius 3 is 2.24 bits per heavy atom. The predicted octanol–water partition coefficient (Wildman–Crippen LogP) is 4.21. The van der Waals surface area contributed by atoms with E-state index in [0.717, 1.165) is 11.1 Å². The zero-order valence-corrected chi connectivity index (χ0v) is 18.2. The molecule has 1 aromatic heterocycles. The number of ether oxygens (including phenoxy) is 1. The molecule has 0 bridgehead atoms. The zero-order valence-electron chi connectivity index (χ0n) is 18.2. The predicted molar refractivity (Wildman–Crippen MR) is 127 cm³/mol. The minimum absolute atomic E-state index is 0.191. The lowest BCUT2D eigenvalue weighted by Gasteiger charge is -2.11. The van der Waals surface area contributed by atoms with Gasteiger partial charge in [-0.15, -0.1) is 0 Å². The number of nitrogens with zero attached hydrogens (tertiary/aromatic N) is 3. The maximum absolute atomic E-state index is 11.3. The Morgan fingerprint density at radius 1 is 0.848 bits per heavy atom. The van der Waals surface area contributed by atoms with E-state index in [9.17, 15) is 4.79 Å². The number of rotatable bonds is 9. The maximum atomic E-state index is 11.3. The molecule has 0 aliphatic carbocycles. The Labute approximate surface area is 191 Å². The molecule has 4 aromatic rings. The van der Waals surface area contributed by atoms with Crippen molar-refractivity contribution in [3.8, 4) is 6.01 Å². The van der Waals surface area contributed by atoms with Crippen LogP contribution in [-0.2, 0) is 13.2 Å². The molecule has 0 atom stereocenters. The number of hydrogen-bond donors (Lipinski definition) is 3. The summed E-state index contributed by atoms with van der Waals surface area (Å²) >= 11 is 0.